The van der Waals surface area contributed by atoms with Gasteiger partial charge in [0.25, 0.3) is 6.43 Å². The molecule has 0 bridgehead atoms. The van der Waals surface area contributed by atoms with Crippen LogP contribution in [0, 0.1) is 5.92 Å². The second kappa shape index (κ2) is 6.50. The van der Waals surface area contributed by atoms with Gasteiger partial charge in [0.1, 0.15) is 0 Å². The molecule has 0 amide bonds. The highest BCUT2D eigenvalue weighted by molar-refractivity contribution is 4.87. The van der Waals surface area contributed by atoms with Gasteiger partial charge in [-0.15, -0.1) is 0 Å². The number of halogens is 2. The smallest absolute Gasteiger partial charge is 0.251 e. The molecule has 1 fully saturated rings. The Hall–Kier alpha value is -0.220. The largest absolute Gasteiger partial charge is 0.311 e. The first kappa shape index (κ1) is 13.8. The molecule has 2 atom stereocenters. The Morgan fingerprint density at radius 3 is 2.56 bits per heavy atom. The molecule has 1 aliphatic rings. The highest BCUT2D eigenvalue weighted by atomic mass is 19.3. The van der Waals surface area contributed by atoms with E-state index in [-0.39, 0.29) is 12.6 Å². The molecule has 0 saturated carbocycles. The van der Waals surface area contributed by atoms with Crippen LogP contribution in [0.2, 0.25) is 0 Å². The van der Waals surface area contributed by atoms with Crippen molar-refractivity contribution in [2.24, 2.45) is 5.92 Å². The maximum Gasteiger partial charge on any atom is 0.251 e. The average Bonchev–Trinajstić information content (AvgIpc) is 2.16. The van der Waals surface area contributed by atoms with Crippen molar-refractivity contribution in [3.8, 4) is 0 Å². The van der Waals surface area contributed by atoms with Crippen LogP contribution in [0.3, 0.4) is 0 Å². The van der Waals surface area contributed by atoms with Crippen molar-refractivity contribution in [3.05, 3.63) is 0 Å². The van der Waals surface area contributed by atoms with Crippen LogP contribution in [0.1, 0.15) is 33.6 Å². The van der Waals surface area contributed by atoms with Crippen molar-refractivity contribution >= 4 is 0 Å². The number of hydrogen-bond donors (Lipinski definition) is 1. The number of hydrogen-bond acceptors (Lipinski definition) is 2. The van der Waals surface area contributed by atoms with Crippen molar-refractivity contribution in [1.82, 2.24) is 10.2 Å². The van der Waals surface area contributed by atoms with Gasteiger partial charge in [0, 0.05) is 25.2 Å². The molecule has 1 rings (SSSR count). The molecular weight excluding hydrogens is 210 g/mol. The lowest BCUT2D eigenvalue weighted by atomic mass is 9.97. The molecule has 1 saturated heterocycles. The van der Waals surface area contributed by atoms with E-state index in [1.54, 1.807) is 0 Å². The van der Waals surface area contributed by atoms with Crippen molar-refractivity contribution in [2.45, 2.75) is 52.1 Å². The summed E-state index contributed by atoms with van der Waals surface area (Å²) in [6.45, 7) is 7.87. The molecule has 0 aromatic carbocycles. The Balaban J connectivity index is 2.54. The second-order valence-electron chi connectivity index (χ2n) is 5.05. The third-order valence-corrected chi connectivity index (χ3v) is 3.32. The molecule has 2 unspecified atom stereocenters. The summed E-state index contributed by atoms with van der Waals surface area (Å²) in [6, 6.07) is 0.640. The first-order valence-corrected chi connectivity index (χ1v) is 6.30. The van der Waals surface area contributed by atoms with E-state index in [1.807, 2.05) is 4.90 Å². The van der Waals surface area contributed by atoms with Crippen LogP contribution in [-0.2, 0) is 0 Å². The Kier molecular flexibility index (Phi) is 5.62. The van der Waals surface area contributed by atoms with Gasteiger partial charge in [-0.3, -0.25) is 4.90 Å². The molecule has 0 spiro atoms. The van der Waals surface area contributed by atoms with E-state index in [0.717, 1.165) is 25.9 Å². The van der Waals surface area contributed by atoms with Gasteiger partial charge in [-0.05, 0) is 12.3 Å². The van der Waals surface area contributed by atoms with Gasteiger partial charge >= 0.3 is 0 Å². The summed E-state index contributed by atoms with van der Waals surface area (Å²) < 4.78 is 25.0. The van der Waals surface area contributed by atoms with E-state index in [2.05, 4.69) is 26.1 Å². The Labute approximate surface area is 97.4 Å². The van der Waals surface area contributed by atoms with Crippen LogP contribution in [0.25, 0.3) is 0 Å². The van der Waals surface area contributed by atoms with Crippen molar-refractivity contribution in [1.29, 1.82) is 0 Å². The van der Waals surface area contributed by atoms with Crippen LogP contribution in [-0.4, -0.2) is 43.0 Å². The third-order valence-electron chi connectivity index (χ3n) is 3.32. The number of nitrogens with one attached hydrogen (secondary N) is 1. The molecule has 1 N–H and O–H groups in total. The maximum absolute atomic E-state index is 12.5. The van der Waals surface area contributed by atoms with Crippen molar-refractivity contribution < 1.29 is 8.78 Å². The minimum absolute atomic E-state index is 0.0786. The molecule has 0 radical (unpaired) electrons. The summed E-state index contributed by atoms with van der Waals surface area (Å²) in [5.74, 6) is 0.425. The average molecular weight is 234 g/mol. The molecule has 2 nitrogen and oxygen atoms in total. The summed E-state index contributed by atoms with van der Waals surface area (Å²) >= 11 is 0. The van der Waals surface area contributed by atoms with Gasteiger partial charge in [0.15, 0.2) is 0 Å². The minimum Gasteiger partial charge on any atom is -0.311 e. The fourth-order valence-electron chi connectivity index (χ4n) is 2.49. The Morgan fingerprint density at radius 1 is 1.38 bits per heavy atom. The predicted octanol–water partition coefficient (Wildman–Crippen LogP) is 2.35. The van der Waals surface area contributed by atoms with E-state index in [1.165, 1.54) is 0 Å². The highest BCUT2D eigenvalue weighted by Crippen LogP contribution is 2.18. The normalized spacial score (nSPS) is 27.9. The molecule has 0 aromatic rings. The molecule has 96 valence electrons. The molecule has 4 heteroatoms. The maximum atomic E-state index is 12.5. The lowest BCUT2D eigenvalue weighted by Crippen LogP contribution is -2.59. The molecule has 0 aromatic heterocycles. The van der Waals surface area contributed by atoms with Gasteiger partial charge in [-0.2, -0.15) is 0 Å². The quantitative estimate of drug-likeness (QED) is 0.785. The Morgan fingerprint density at radius 2 is 2.06 bits per heavy atom. The lowest BCUT2D eigenvalue weighted by Gasteiger charge is -2.42. The summed E-state index contributed by atoms with van der Waals surface area (Å²) in [7, 11) is 0. The third kappa shape index (κ3) is 3.98. The Bertz CT molecular complexity index is 197. The second-order valence-corrected chi connectivity index (χ2v) is 5.05. The standard InChI is InChI=1S/C12H24F2N2/c1-4-5-10-7-16(8-12(13)14)11(6-15-10)9(2)3/h9-12,15H,4-8H2,1-3H3. The van der Waals surface area contributed by atoms with E-state index < -0.39 is 6.43 Å². The fourth-order valence-corrected chi connectivity index (χ4v) is 2.49. The topological polar surface area (TPSA) is 15.3 Å². The molecular formula is C12H24F2N2. The summed E-state index contributed by atoms with van der Waals surface area (Å²) in [5.41, 5.74) is 0. The number of alkyl halides is 2. The zero-order valence-electron chi connectivity index (χ0n) is 10.5. The zero-order valence-corrected chi connectivity index (χ0v) is 10.5. The van der Waals surface area contributed by atoms with Crippen LogP contribution in [0.15, 0.2) is 0 Å². The summed E-state index contributed by atoms with van der Waals surface area (Å²) in [4.78, 5) is 1.96. The molecule has 1 aliphatic heterocycles. The van der Waals surface area contributed by atoms with E-state index in [9.17, 15) is 8.78 Å². The van der Waals surface area contributed by atoms with Gasteiger partial charge in [-0.25, -0.2) is 8.78 Å². The van der Waals surface area contributed by atoms with E-state index >= 15 is 0 Å². The van der Waals surface area contributed by atoms with E-state index in [0.29, 0.717) is 12.0 Å². The lowest BCUT2D eigenvalue weighted by molar-refractivity contribution is 0.0275. The minimum atomic E-state index is -2.22. The SMILES string of the molecule is CCCC1CN(CC(F)F)C(C(C)C)CN1. The summed E-state index contributed by atoms with van der Waals surface area (Å²) in [6.07, 6.45) is -0.0431. The van der Waals surface area contributed by atoms with E-state index in [4.69, 9.17) is 0 Å². The number of rotatable bonds is 5. The monoisotopic (exact) mass is 234 g/mol. The molecule has 16 heavy (non-hydrogen) atoms. The van der Waals surface area contributed by atoms with Gasteiger partial charge in [0.05, 0.1) is 6.54 Å². The first-order valence-electron chi connectivity index (χ1n) is 6.30. The molecule has 0 aliphatic carbocycles. The van der Waals surface area contributed by atoms with Crippen LogP contribution in [0.5, 0.6) is 0 Å². The first-order chi connectivity index (χ1) is 7.54. The fraction of sp³-hybridized carbons (Fsp3) is 1.00. The van der Waals surface area contributed by atoms with Gasteiger partial charge in [0.2, 0.25) is 0 Å². The number of nitrogens with zero attached hydrogens (tertiary/aromatic N) is 1. The predicted molar refractivity (Wildman–Crippen MR) is 62.9 cm³/mol. The van der Waals surface area contributed by atoms with Crippen LogP contribution >= 0.6 is 0 Å². The molecule has 1 heterocycles. The zero-order chi connectivity index (χ0) is 12.1. The number of piperazine rings is 1. The van der Waals surface area contributed by atoms with Crippen LogP contribution < -0.4 is 5.32 Å². The van der Waals surface area contributed by atoms with Gasteiger partial charge in [-0.1, -0.05) is 27.2 Å². The summed E-state index contributed by atoms with van der Waals surface area (Å²) in [5, 5.41) is 3.47. The van der Waals surface area contributed by atoms with Gasteiger partial charge < -0.3 is 5.32 Å². The highest BCUT2D eigenvalue weighted by Gasteiger charge is 2.30. The van der Waals surface area contributed by atoms with Crippen molar-refractivity contribution in [3.63, 3.8) is 0 Å². The van der Waals surface area contributed by atoms with Crippen LogP contribution in [0.4, 0.5) is 8.78 Å². The van der Waals surface area contributed by atoms with Crippen molar-refractivity contribution in [2.75, 3.05) is 19.6 Å².